The lowest BCUT2D eigenvalue weighted by atomic mass is 10.1. The minimum atomic E-state index is 0.506. The first-order valence-corrected chi connectivity index (χ1v) is 4.54. The summed E-state index contributed by atoms with van der Waals surface area (Å²) < 4.78 is 0. The van der Waals surface area contributed by atoms with Crippen LogP contribution in [0.5, 0.6) is 0 Å². The van der Waals surface area contributed by atoms with Gasteiger partial charge in [-0.2, -0.15) is 5.06 Å². The van der Waals surface area contributed by atoms with Crippen molar-refractivity contribution in [1.29, 1.82) is 0 Å². The number of hydroxylamine groups is 2. The Morgan fingerprint density at radius 1 is 1.38 bits per heavy atom. The topological polar surface area (TPSA) is 23.5 Å². The van der Waals surface area contributed by atoms with Crippen molar-refractivity contribution >= 4 is 11.6 Å². The summed E-state index contributed by atoms with van der Waals surface area (Å²) in [6.07, 6.45) is 0. The molecule has 0 atom stereocenters. The Kier molecular flexibility index (Phi) is 3.31. The largest absolute Gasteiger partial charge is 0.314 e. The number of hydrogen-bond acceptors (Lipinski definition) is 2. The zero-order valence-electron chi connectivity index (χ0n) is 8.13. The molecule has 0 unspecified atom stereocenters. The fourth-order valence-electron chi connectivity index (χ4n) is 1.28. The van der Waals surface area contributed by atoms with Gasteiger partial charge in [0.25, 0.3) is 0 Å². The number of rotatable bonds is 2. The Morgan fingerprint density at radius 2 is 2.00 bits per heavy atom. The maximum atomic E-state index is 9.08. The van der Waals surface area contributed by atoms with Gasteiger partial charge in [-0.15, -0.1) is 0 Å². The molecule has 0 bridgehead atoms. The highest BCUT2D eigenvalue weighted by Gasteiger charge is 2.06. The molecule has 0 amide bonds. The summed E-state index contributed by atoms with van der Waals surface area (Å²) >= 11 is 6.07. The molecule has 72 valence electrons. The Bertz CT molecular complexity index is 310. The molecule has 0 spiro atoms. The predicted octanol–water partition coefficient (Wildman–Crippen LogP) is 2.78. The van der Waals surface area contributed by atoms with Gasteiger partial charge in [0.05, 0.1) is 0 Å². The minimum Gasteiger partial charge on any atom is -0.314 e. The van der Waals surface area contributed by atoms with Crippen LogP contribution in [0.2, 0.25) is 5.02 Å². The Morgan fingerprint density at radius 3 is 2.54 bits per heavy atom. The van der Waals surface area contributed by atoms with Crippen LogP contribution in [0.25, 0.3) is 0 Å². The van der Waals surface area contributed by atoms with Gasteiger partial charge in [-0.25, -0.2) is 0 Å². The number of nitrogens with zero attached hydrogens (tertiary/aromatic N) is 1. The van der Waals surface area contributed by atoms with Gasteiger partial charge in [-0.1, -0.05) is 23.7 Å². The van der Waals surface area contributed by atoms with E-state index in [-0.39, 0.29) is 0 Å². The van der Waals surface area contributed by atoms with E-state index in [2.05, 4.69) is 0 Å². The number of hydrogen-bond donors (Lipinski definition) is 1. The average molecular weight is 200 g/mol. The highest BCUT2D eigenvalue weighted by Crippen LogP contribution is 2.23. The minimum absolute atomic E-state index is 0.506. The van der Waals surface area contributed by atoms with Crippen molar-refractivity contribution in [3.63, 3.8) is 0 Å². The fraction of sp³-hybridized carbons (Fsp3) is 0.400. The van der Waals surface area contributed by atoms with Crippen LogP contribution in [0.1, 0.15) is 16.7 Å². The highest BCUT2D eigenvalue weighted by molar-refractivity contribution is 6.32. The molecule has 0 saturated heterocycles. The molecule has 0 aromatic heterocycles. The first-order valence-electron chi connectivity index (χ1n) is 4.17. The standard InChI is InChI=1S/C10H14ClNO/c1-7-4-5-9(6-12(3)13)8(2)10(7)11/h4-5,13H,6H2,1-3H3. The SMILES string of the molecule is Cc1ccc(CN(C)O)c(C)c1Cl. The Balaban J connectivity index is 3.04. The van der Waals surface area contributed by atoms with Crippen LogP contribution < -0.4 is 0 Å². The van der Waals surface area contributed by atoms with Crippen LogP contribution >= 0.6 is 11.6 Å². The first-order chi connectivity index (χ1) is 6.02. The molecule has 13 heavy (non-hydrogen) atoms. The maximum Gasteiger partial charge on any atom is 0.0488 e. The van der Waals surface area contributed by atoms with E-state index < -0.39 is 0 Å². The summed E-state index contributed by atoms with van der Waals surface area (Å²) in [6.45, 7) is 4.45. The van der Waals surface area contributed by atoms with Crippen LogP contribution in [-0.4, -0.2) is 17.3 Å². The number of halogens is 1. The van der Waals surface area contributed by atoms with Crippen molar-refractivity contribution in [2.24, 2.45) is 0 Å². The third-order valence-electron chi connectivity index (χ3n) is 2.09. The molecule has 0 heterocycles. The number of benzene rings is 1. The lowest BCUT2D eigenvalue weighted by Crippen LogP contribution is -2.12. The van der Waals surface area contributed by atoms with E-state index in [1.165, 1.54) is 0 Å². The summed E-state index contributed by atoms with van der Waals surface area (Å²) in [5.74, 6) is 0. The molecule has 0 aliphatic carbocycles. The third kappa shape index (κ3) is 2.44. The van der Waals surface area contributed by atoms with E-state index in [4.69, 9.17) is 16.8 Å². The molecule has 0 aliphatic heterocycles. The smallest absolute Gasteiger partial charge is 0.0488 e. The molecule has 3 heteroatoms. The monoisotopic (exact) mass is 199 g/mol. The van der Waals surface area contributed by atoms with Crippen LogP contribution in [0.3, 0.4) is 0 Å². The van der Waals surface area contributed by atoms with Gasteiger partial charge in [0, 0.05) is 18.6 Å². The second-order valence-corrected chi connectivity index (χ2v) is 3.67. The van der Waals surface area contributed by atoms with E-state index in [1.807, 2.05) is 26.0 Å². The van der Waals surface area contributed by atoms with E-state index >= 15 is 0 Å². The van der Waals surface area contributed by atoms with Gasteiger partial charge >= 0.3 is 0 Å². The Labute approximate surface area is 83.7 Å². The zero-order valence-corrected chi connectivity index (χ0v) is 8.89. The molecular formula is C10H14ClNO. The van der Waals surface area contributed by atoms with Crippen molar-refractivity contribution in [2.75, 3.05) is 7.05 Å². The lowest BCUT2D eigenvalue weighted by Gasteiger charge is -2.12. The summed E-state index contributed by atoms with van der Waals surface area (Å²) in [4.78, 5) is 0. The van der Waals surface area contributed by atoms with Gasteiger partial charge in [0.1, 0.15) is 0 Å². The van der Waals surface area contributed by atoms with E-state index in [9.17, 15) is 0 Å². The number of aryl methyl sites for hydroxylation is 1. The summed E-state index contributed by atoms with van der Waals surface area (Å²) in [6, 6.07) is 3.96. The summed E-state index contributed by atoms with van der Waals surface area (Å²) in [5, 5.41) is 11.0. The van der Waals surface area contributed by atoms with Gasteiger partial charge in [0.2, 0.25) is 0 Å². The van der Waals surface area contributed by atoms with E-state index in [1.54, 1.807) is 7.05 Å². The quantitative estimate of drug-likeness (QED) is 0.741. The van der Waals surface area contributed by atoms with Crippen molar-refractivity contribution in [2.45, 2.75) is 20.4 Å². The molecule has 1 aromatic rings. The van der Waals surface area contributed by atoms with Gasteiger partial charge in [-0.3, -0.25) is 0 Å². The van der Waals surface area contributed by atoms with Gasteiger partial charge < -0.3 is 5.21 Å². The fourth-order valence-corrected chi connectivity index (χ4v) is 1.46. The van der Waals surface area contributed by atoms with Crippen molar-refractivity contribution in [3.05, 3.63) is 33.8 Å². The second-order valence-electron chi connectivity index (χ2n) is 3.30. The molecule has 1 rings (SSSR count). The third-order valence-corrected chi connectivity index (χ3v) is 2.67. The molecule has 1 aromatic carbocycles. The molecule has 0 aliphatic rings. The molecule has 0 fully saturated rings. The van der Waals surface area contributed by atoms with Gasteiger partial charge in [0.15, 0.2) is 0 Å². The van der Waals surface area contributed by atoms with E-state index in [0.717, 1.165) is 26.8 Å². The van der Waals surface area contributed by atoms with Gasteiger partial charge in [-0.05, 0) is 30.5 Å². The first kappa shape index (κ1) is 10.5. The zero-order chi connectivity index (χ0) is 10.0. The molecular weight excluding hydrogens is 186 g/mol. The highest BCUT2D eigenvalue weighted by atomic mass is 35.5. The summed E-state index contributed by atoms with van der Waals surface area (Å²) in [5.41, 5.74) is 3.17. The second kappa shape index (κ2) is 4.09. The summed E-state index contributed by atoms with van der Waals surface area (Å²) in [7, 11) is 1.62. The van der Waals surface area contributed by atoms with Crippen LogP contribution in [0.4, 0.5) is 0 Å². The Hall–Kier alpha value is -0.570. The predicted molar refractivity (Wildman–Crippen MR) is 54.2 cm³/mol. The van der Waals surface area contributed by atoms with Crippen molar-refractivity contribution < 1.29 is 5.21 Å². The molecule has 0 saturated carbocycles. The molecule has 2 nitrogen and oxygen atoms in total. The lowest BCUT2D eigenvalue weighted by molar-refractivity contribution is -0.0732. The maximum absolute atomic E-state index is 9.08. The van der Waals surface area contributed by atoms with Crippen molar-refractivity contribution in [1.82, 2.24) is 5.06 Å². The molecule has 0 radical (unpaired) electrons. The molecule has 1 N–H and O–H groups in total. The normalized spacial score (nSPS) is 10.9. The van der Waals surface area contributed by atoms with E-state index in [0.29, 0.717) is 6.54 Å². The van der Waals surface area contributed by atoms with Crippen molar-refractivity contribution in [3.8, 4) is 0 Å². The van der Waals surface area contributed by atoms with Crippen LogP contribution in [0, 0.1) is 13.8 Å². The average Bonchev–Trinajstić information content (AvgIpc) is 2.06. The van der Waals surface area contributed by atoms with Crippen LogP contribution in [-0.2, 0) is 6.54 Å². The van der Waals surface area contributed by atoms with Crippen LogP contribution in [0.15, 0.2) is 12.1 Å².